The molecule has 1 aromatic carbocycles. The van der Waals surface area contributed by atoms with Crippen LogP contribution in [0, 0.1) is 6.92 Å². The molecule has 1 amide bonds. The smallest absolute Gasteiger partial charge is 0.251 e. The van der Waals surface area contributed by atoms with E-state index < -0.39 is 10.0 Å². The number of pyridine rings is 1. The molecule has 0 radical (unpaired) electrons. The molecular formula is C15H16ClN3O3S. The molecule has 0 aliphatic heterocycles. The molecule has 0 aliphatic carbocycles. The number of halogens is 1. The van der Waals surface area contributed by atoms with Crippen LogP contribution in [0.3, 0.4) is 0 Å². The number of hydrogen-bond acceptors (Lipinski definition) is 4. The van der Waals surface area contributed by atoms with Gasteiger partial charge in [0.05, 0.1) is 4.90 Å². The van der Waals surface area contributed by atoms with Crippen LogP contribution in [0.5, 0.6) is 0 Å². The van der Waals surface area contributed by atoms with E-state index >= 15 is 0 Å². The molecule has 1 aromatic heterocycles. The van der Waals surface area contributed by atoms with Crippen LogP contribution in [-0.4, -0.2) is 32.4 Å². The van der Waals surface area contributed by atoms with Crippen molar-refractivity contribution in [3.8, 4) is 0 Å². The topological polar surface area (TPSA) is 88.2 Å². The minimum Gasteiger partial charge on any atom is -0.351 e. The summed E-state index contributed by atoms with van der Waals surface area (Å²) < 4.78 is 26.5. The number of nitrogens with zero attached hydrogens (tertiary/aromatic N) is 1. The number of nitrogens with one attached hydrogen (secondary N) is 2. The van der Waals surface area contributed by atoms with Crippen molar-refractivity contribution in [3.05, 3.63) is 58.9 Å². The maximum absolute atomic E-state index is 12.1. The number of sulfonamides is 1. The third kappa shape index (κ3) is 5.02. The van der Waals surface area contributed by atoms with E-state index in [1.54, 1.807) is 12.1 Å². The number of benzene rings is 1. The van der Waals surface area contributed by atoms with Crippen LogP contribution in [0.1, 0.15) is 15.9 Å². The van der Waals surface area contributed by atoms with Gasteiger partial charge in [-0.25, -0.2) is 18.1 Å². The Kier molecular flexibility index (Phi) is 5.70. The first-order chi connectivity index (χ1) is 10.9. The summed E-state index contributed by atoms with van der Waals surface area (Å²) in [7, 11) is -3.58. The highest BCUT2D eigenvalue weighted by molar-refractivity contribution is 7.89. The number of rotatable bonds is 6. The fourth-order valence-corrected chi connectivity index (χ4v) is 3.01. The number of aryl methyl sites for hydroxylation is 1. The maximum atomic E-state index is 12.1. The normalized spacial score (nSPS) is 11.2. The Morgan fingerprint density at radius 1 is 1.17 bits per heavy atom. The minimum absolute atomic E-state index is 0.0841. The summed E-state index contributed by atoms with van der Waals surface area (Å²) in [6, 6.07) is 9.49. The molecule has 2 N–H and O–H groups in total. The first kappa shape index (κ1) is 17.4. The van der Waals surface area contributed by atoms with E-state index in [4.69, 9.17) is 11.6 Å². The van der Waals surface area contributed by atoms with Crippen molar-refractivity contribution in [2.24, 2.45) is 0 Å². The molecule has 8 heteroatoms. The fraction of sp³-hybridized carbons (Fsp3) is 0.200. The number of amides is 1. The molecule has 0 bridgehead atoms. The highest BCUT2D eigenvalue weighted by Gasteiger charge is 2.13. The number of hydrogen-bond donors (Lipinski definition) is 2. The Hall–Kier alpha value is -1.96. The zero-order valence-corrected chi connectivity index (χ0v) is 14.0. The highest BCUT2D eigenvalue weighted by Crippen LogP contribution is 2.09. The molecule has 0 saturated carbocycles. The van der Waals surface area contributed by atoms with Crippen molar-refractivity contribution in [3.63, 3.8) is 0 Å². The van der Waals surface area contributed by atoms with Crippen molar-refractivity contribution in [2.75, 3.05) is 13.1 Å². The van der Waals surface area contributed by atoms with Crippen LogP contribution in [-0.2, 0) is 10.0 Å². The molecule has 6 nitrogen and oxygen atoms in total. The Morgan fingerprint density at radius 2 is 1.87 bits per heavy atom. The second-order valence-corrected chi connectivity index (χ2v) is 6.99. The van der Waals surface area contributed by atoms with Gasteiger partial charge in [-0.3, -0.25) is 4.79 Å². The van der Waals surface area contributed by atoms with Gasteiger partial charge in [0.2, 0.25) is 10.0 Å². The van der Waals surface area contributed by atoms with Crippen molar-refractivity contribution in [1.29, 1.82) is 0 Å². The zero-order valence-electron chi connectivity index (χ0n) is 12.4. The predicted octanol–water partition coefficient (Wildman–Crippen LogP) is 1.75. The van der Waals surface area contributed by atoms with E-state index in [0.717, 1.165) is 5.56 Å². The molecule has 2 aromatic rings. The van der Waals surface area contributed by atoms with Crippen molar-refractivity contribution < 1.29 is 13.2 Å². The lowest BCUT2D eigenvalue weighted by Gasteiger charge is -2.08. The Balaban J connectivity index is 1.85. The Labute approximate surface area is 139 Å². The third-order valence-corrected chi connectivity index (χ3v) is 4.71. The van der Waals surface area contributed by atoms with E-state index in [-0.39, 0.29) is 29.0 Å². The molecule has 122 valence electrons. The van der Waals surface area contributed by atoms with E-state index in [1.165, 1.54) is 30.5 Å². The number of aromatic nitrogens is 1. The standard InChI is InChI=1S/C15H16ClN3O3S/c1-11-2-4-13(5-3-11)23(21,22)19-9-8-18-15(20)12-6-7-17-14(16)10-12/h2-7,10,19H,8-9H2,1H3,(H,18,20). The molecular weight excluding hydrogens is 338 g/mol. The van der Waals surface area contributed by atoms with Gasteiger partial charge in [0.25, 0.3) is 5.91 Å². The molecule has 0 fully saturated rings. The van der Waals surface area contributed by atoms with Crippen LogP contribution in [0.15, 0.2) is 47.5 Å². The molecule has 23 heavy (non-hydrogen) atoms. The summed E-state index contributed by atoms with van der Waals surface area (Å²) in [5.74, 6) is -0.344. The minimum atomic E-state index is -3.58. The summed E-state index contributed by atoms with van der Waals surface area (Å²) in [5, 5.41) is 2.83. The fourth-order valence-electron chi connectivity index (χ4n) is 1.81. The summed E-state index contributed by atoms with van der Waals surface area (Å²) in [4.78, 5) is 15.8. The van der Waals surface area contributed by atoms with E-state index in [1.807, 2.05) is 6.92 Å². The third-order valence-electron chi connectivity index (χ3n) is 3.02. The molecule has 1 heterocycles. The molecule has 0 aliphatic rings. The summed E-state index contributed by atoms with van der Waals surface area (Å²) >= 11 is 5.71. The first-order valence-electron chi connectivity index (χ1n) is 6.84. The number of carbonyl (C=O) groups is 1. The van der Waals surface area contributed by atoms with Crippen molar-refractivity contribution in [1.82, 2.24) is 15.0 Å². The molecule has 0 saturated heterocycles. The van der Waals surface area contributed by atoms with Gasteiger partial charge in [0.1, 0.15) is 5.15 Å². The van der Waals surface area contributed by atoms with Gasteiger partial charge in [0, 0.05) is 24.8 Å². The highest BCUT2D eigenvalue weighted by atomic mass is 35.5. The van der Waals surface area contributed by atoms with E-state index in [9.17, 15) is 13.2 Å². The largest absolute Gasteiger partial charge is 0.351 e. The van der Waals surface area contributed by atoms with E-state index in [0.29, 0.717) is 5.56 Å². The van der Waals surface area contributed by atoms with Gasteiger partial charge in [-0.1, -0.05) is 29.3 Å². The van der Waals surface area contributed by atoms with Crippen molar-refractivity contribution in [2.45, 2.75) is 11.8 Å². The second kappa shape index (κ2) is 7.54. The molecule has 0 atom stereocenters. The van der Waals surface area contributed by atoms with E-state index in [2.05, 4.69) is 15.0 Å². The van der Waals surface area contributed by atoms with Crippen LogP contribution < -0.4 is 10.0 Å². The van der Waals surface area contributed by atoms with Gasteiger partial charge in [-0.15, -0.1) is 0 Å². The average Bonchev–Trinajstić information content (AvgIpc) is 2.52. The lowest BCUT2D eigenvalue weighted by atomic mass is 10.2. The monoisotopic (exact) mass is 353 g/mol. The predicted molar refractivity (Wildman–Crippen MR) is 87.9 cm³/mol. The van der Waals surface area contributed by atoms with Gasteiger partial charge in [-0.2, -0.15) is 0 Å². The quantitative estimate of drug-likeness (QED) is 0.611. The van der Waals surface area contributed by atoms with Gasteiger partial charge in [-0.05, 0) is 31.2 Å². The van der Waals surface area contributed by atoms with Crippen LogP contribution in [0.4, 0.5) is 0 Å². The van der Waals surface area contributed by atoms with Crippen LogP contribution >= 0.6 is 11.6 Å². The Bertz CT molecular complexity index is 792. The average molecular weight is 354 g/mol. The Morgan fingerprint density at radius 3 is 2.52 bits per heavy atom. The van der Waals surface area contributed by atoms with Crippen molar-refractivity contribution >= 4 is 27.5 Å². The van der Waals surface area contributed by atoms with Crippen LogP contribution in [0.2, 0.25) is 5.15 Å². The lowest BCUT2D eigenvalue weighted by molar-refractivity contribution is 0.0954. The van der Waals surface area contributed by atoms with Crippen LogP contribution in [0.25, 0.3) is 0 Å². The molecule has 0 spiro atoms. The molecule has 0 unspecified atom stereocenters. The SMILES string of the molecule is Cc1ccc(S(=O)(=O)NCCNC(=O)c2ccnc(Cl)c2)cc1. The summed E-state index contributed by atoms with van der Waals surface area (Å²) in [6.07, 6.45) is 1.43. The van der Waals surface area contributed by atoms with Gasteiger partial charge in [0.15, 0.2) is 0 Å². The van der Waals surface area contributed by atoms with Gasteiger partial charge < -0.3 is 5.32 Å². The summed E-state index contributed by atoms with van der Waals surface area (Å²) in [6.45, 7) is 2.12. The second-order valence-electron chi connectivity index (χ2n) is 4.83. The maximum Gasteiger partial charge on any atom is 0.251 e. The first-order valence-corrected chi connectivity index (χ1v) is 8.71. The lowest BCUT2D eigenvalue weighted by Crippen LogP contribution is -2.34. The number of carbonyl (C=O) groups excluding carboxylic acids is 1. The molecule has 2 rings (SSSR count). The van der Waals surface area contributed by atoms with Gasteiger partial charge >= 0.3 is 0 Å². The summed E-state index contributed by atoms with van der Waals surface area (Å²) in [5.41, 5.74) is 1.35. The zero-order chi connectivity index (χ0) is 16.9.